The summed E-state index contributed by atoms with van der Waals surface area (Å²) in [6.45, 7) is 1.68. The topological polar surface area (TPSA) is 70.3 Å². The molecule has 0 heterocycles. The molecule has 0 unspecified atom stereocenters. The van der Waals surface area contributed by atoms with E-state index >= 15 is 0 Å². The molecule has 1 aromatic carbocycles. The molecule has 1 aromatic rings. The van der Waals surface area contributed by atoms with E-state index in [0.717, 1.165) is 12.1 Å². The summed E-state index contributed by atoms with van der Waals surface area (Å²) in [7, 11) is 0. The van der Waals surface area contributed by atoms with Gasteiger partial charge in [0.15, 0.2) is 5.57 Å². The molecule has 0 aliphatic carbocycles. The third-order valence-electron chi connectivity index (χ3n) is 1.95. The first-order valence-electron chi connectivity index (χ1n) is 4.86. The second-order valence-corrected chi connectivity index (χ2v) is 3.06. The maximum atomic E-state index is 12.7. The van der Waals surface area contributed by atoms with E-state index in [1.54, 1.807) is 13.0 Å². The summed E-state index contributed by atoms with van der Waals surface area (Å²) >= 11 is 0. The van der Waals surface area contributed by atoms with Crippen molar-refractivity contribution in [2.45, 2.75) is 6.92 Å². The number of halogens is 1. The van der Waals surface area contributed by atoms with Crippen LogP contribution in [-0.2, 0) is 9.53 Å². The fraction of sp³-hybridized carbons (Fsp3) is 0.167. The van der Waals surface area contributed by atoms with Gasteiger partial charge in [-0.25, -0.2) is 9.18 Å². The molecule has 0 bridgehead atoms. The number of aliphatic hydroxyl groups is 1. The number of nitrogens with zero attached hydrogens (tertiary/aromatic N) is 1. The van der Waals surface area contributed by atoms with Crippen LogP contribution in [-0.4, -0.2) is 17.7 Å². The standard InChI is InChI=1S/C12H10FNO3/c1-2-17-12(16)10(7-14)11(15)8-3-5-9(13)6-4-8/h3-6,15H,2H2,1H3/b11-10-. The lowest BCUT2D eigenvalue weighted by molar-refractivity contribution is -0.138. The van der Waals surface area contributed by atoms with Crippen LogP contribution in [0.2, 0.25) is 0 Å². The van der Waals surface area contributed by atoms with E-state index in [4.69, 9.17) is 5.26 Å². The first kappa shape index (κ1) is 12.7. The molecule has 0 fully saturated rings. The zero-order valence-electron chi connectivity index (χ0n) is 9.11. The lowest BCUT2D eigenvalue weighted by Gasteiger charge is -2.04. The van der Waals surface area contributed by atoms with E-state index in [9.17, 15) is 14.3 Å². The molecule has 0 amide bonds. The van der Waals surface area contributed by atoms with Crippen LogP contribution in [0.5, 0.6) is 0 Å². The monoisotopic (exact) mass is 235 g/mol. The van der Waals surface area contributed by atoms with E-state index in [2.05, 4.69) is 4.74 Å². The zero-order valence-corrected chi connectivity index (χ0v) is 9.11. The highest BCUT2D eigenvalue weighted by Gasteiger charge is 2.17. The number of hydrogen-bond donors (Lipinski definition) is 1. The molecule has 0 saturated carbocycles. The Morgan fingerprint density at radius 3 is 2.53 bits per heavy atom. The Balaban J connectivity index is 3.13. The maximum absolute atomic E-state index is 12.7. The van der Waals surface area contributed by atoms with Gasteiger partial charge in [0.1, 0.15) is 17.6 Å². The first-order valence-corrected chi connectivity index (χ1v) is 4.86. The number of esters is 1. The van der Waals surface area contributed by atoms with E-state index in [-0.39, 0.29) is 12.2 Å². The van der Waals surface area contributed by atoms with E-state index in [1.807, 2.05) is 0 Å². The minimum atomic E-state index is -0.906. The molecular weight excluding hydrogens is 225 g/mol. The van der Waals surface area contributed by atoms with Gasteiger partial charge in [0.2, 0.25) is 0 Å². The number of ether oxygens (including phenoxy) is 1. The third kappa shape index (κ3) is 3.05. The summed E-state index contributed by atoms with van der Waals surface area (Å²) in [5, 5.41) is 18.5. The quantitative estimate of drug-likeness (QED) is 0.377. The molecule has 17 heavy (non-hydrogen) atoms. The van der Waals surface area contributed by atoms with Gasteiger partial charge in [0, 0.05) is 5.56 Å². The fourth-order valence-corrected chi connectivity index (χ4v) is 1.15. The lowest BCUT2D eigenvalue weighted by atomic mass is 10.1. The van der Waals surface area contributed by atoms with E-state index in [0.29, 0.717) is 0 Å². The second-order valence-electron chi connectivity index (χ2n) is 3.06. The van der Waals surface area contributed by atoms with Gasteiger partial charge in [-0.05, 0) is 31.2 Å². The normalized spacial score (nSPS) is 11.4. The Kier molecular flexibility index (Phi) is 4.23. The van der Waals surface area contributed by atoms with Crippen LogP contribution < -0.4 is 0 Å². The van der Waals surface area contributed by atoms with Crippen LogP contribution >= 0.6 is 0 Å². The minimum Gasteiger partial charge on any atom is -0.506 e. The second kappa shape index (κ2) is 5.66. The van der Waals surface area contributed by atoms with Gasteiger partial charge in [0.05, 0.1) is 6.61 Å². The molecule has 4 nitrogen and oxygen atoms in total. The smallest absolute Gasteiger partial charge is 0.352 e. The molecule has 0 aromatic heterocycles. The van der Waals surface area contributed by atoms with Crippen molar-refractivity contribution in [2.75, 3.05) is 6.61 Å². The van der Waals surface area contributed by atoms with Gasteiger partial charge in [-0.15, -0.1) is 0 Å². The highest BCUT2D eigenvalue weighted by Crippen LogP contribution is 2.17. The van der Waals surface area contributed by atoms with Crippen LogP contribution in [0, 0.1) is 17.1 Å². The lowest BCUT2D eigenvalue weighted by Crippen LogP contribution is -2.08. The van der Waals surface area contributed by atoms with Gasteiger partial charge < -0.3 is 9.84 Å². The summed E-state index contributed by atoms with van der Waals surface area (Å²) in [6.07, 6.45) is 0. The molecule has 1 N–H and O–H groups in total. The van der Waals surface area contributed by atoms with Crippen LogP contribution in [0.3, 0.4) is 0 Å². The Morgan fingerprint density at radius 2 is 2.06 bits per heavy atom. The average Bonchev–Trinajstić information content (AvgIpc) is 2.31. The Labute approximate surface area is 97.6 Å². The summed E-state index contributed by atoms with van der Waals surface area (Å²) in [4.78, 5) is 11.3. The van der Waals surface area contributed by atoms with Crippen molar-refractivity contribution in [1.82, 2.24) is 0 Å². The summed E-state index contributed by atoms with van der Waals surface area (Å²) in [5.74, 6) is -1.90. The van der Waals surface area contributed by atoms with Gasteiger partial charge in [-0.2, -0.15) is 5.26 Å². The molecule has 88 valence electrons. The molecule has 0 atom stereocenters. The van der Waals surface area contributed by atoms with Crippen molar-refractivity contribution in [3.05, 3.63) is 41.2 Å². The predicted molar refractivity (Wildman–Crippen MR) is 58.2 cm³/mol. The molecule has 0 spiro atoms. The Bertz CT molecular complexity index is 485. The minimum absolute atomic E-state index is 0.0979. The largest absolute Gasteiger partial charge is 0.506 e. The number of benzene rings is 1. The number of carbonyl (C=O) groups is 1. The van der Waals surface area contributed by atoms with Crippen molar-refractivity contribution in [2.24, 2.45) is 0 Å². The summed E-state index contributed by atoms with van der Waals surface area (Å²) < 4.78 is 17.3. The van der Waals surface area contributed by atoms with Crippen LogP contribution in [0.4, 0.5) is 4.39 Å². The summed E-state index contributed by atoms with van der Waals surface area (Å²) in [5.41, 5.74) is -0.325. The maximum Gasteiger partial charge on any atom is 0.352 e. The van der Waals surface area contributed by atoms with Crippen molar-refractivity contribution in [3.63, 3.8) is 0 Å². The number of rotatable bonds is 3. The molecule has 0 aliphatic rings. The van der Waals surface area contributed by atoms with Gasteiger partial charge in [-0.1, -0.05) is 0 Å². The molecule has 5 heteroatoms. The van der Waals surface area contributed by atoms with Crippen molar-refractivity contribution < 1.29 is 19.0 Å². The fourth-order valence-electron chi connectivity index (χ4n) is 1.15. The zero-order chi connectivity index (χ0) is 12.8. The molecule has 0 saturated heterocycles. The number of nitriles is 1. The SMILES string of the molecule is CCOC(=O)/C(C#N)=C(\O)c1ccc(F)cc1. The van der Waals surface area contributed by atoms with Gasteiger partial charge in [-0.3, -0.25) is 0 Å². The predicted octanol–water partition coefficient (Wildman–Crippen LogP) is 2.18. The van der Waals surface area contributed by atoms with Crippen molar-refractivity contribution in [3.8, 4) is 6.07 Å². The van der Waals surface area contributed by atoms with E-state index in [1.165, 1.54) is 12.1 Å². The third-order valence-corrected chi connectivity index (χ3v) is 1.95. The molecule has 0 aliphatic heterocycles. The van der Waals surface area contributed by atoms with Crippen LogP contribution in [0.1, 0.15) is 12.5 Å². The van der Waals surface area contributed by atoms with Crippen molar-refractivity contribution in [1.29, 1.82) is 5.26 Å². The average molecular weight is 235 g/mol. The highest BCUT2D eigenvalue weighted by atomic mass is 19.1. The molecule has 0 radical (unpaired) electrons. The number of aliphatic hydroxyl groups excluding tert-OH is 1. The van der Waals surface area contributed by atoms with Crippen LogP contribution in [0.15, 0.2) is 29.8 Å². The Hall–Kier alpha value is -2.35. The van der Waals surface area contributed by atoms with Gasteiger partial charge >= 0.3 is 5.97 Å². The summed E-state index contributed by atoms with van der Waals surface area (Å²) in [6, 6.07) is 6.32. The van der Waals surface area contributed by atoms with Crippen molar-refractivity contribution >= 4 is 11.7 Å². The number of hydrogen-bond acceptors (Lipinski definition) is 4. The number of carbonyl (C=O) groups excluding carboxylic acids is 1. The first-order chi connectivity index (χ1) is 8.10. The van der Waals surface area contributed by atoms with Gasteiger partial charge in [0.25, 0.3) is 0 Å². The van der Waals surface area contributed by atoms with E-state index < -0.39 is 23.1 Å². The molecule has 1 rings (SSSR count). The van der Waals surface area contributed by atoms with Crippen LogP contribution in [0.25, 0.3) is 5.76 Å². The Morgan fingerprint density at radius 1 is 1.47 bits per heavy atom. The molecular formula is C12H10FNO3. The highest BCUT2D eigenvalue weighted by molar-refractivity contribution is 5.99.